The highest BCUT2D eigenvalue weighted by Gasteiger charge is 2.38. The number of hydrogen-bond donors (Lipinski definition) is 0. The van der Waals surface area contributed by atoms with Crippen LogP contribution in [0.4, 0.5) is 23.2 Å². The van der Waals surface area contributed by atoms with Gasteiger partial charge in [0.25, 0.3) is 0 Å². The minimum Gasteiger partial charge on any atom is -0.482 e. The highest BCUT2D eigenvalue weighted by molar-refractivity contribution is 6.49. The van der Waals surface area contributed by atoms with Crippen LogP contribution in [0.25, 0.3) is 11.1 Å². The van der Waals surface area contributed by atoms with Crippen LogP contribution >= 0.6 is 0 Å². The van der Waals surface area contributed by atoms with Gasteiger partial charge in [-0.15, -0.1) is 0 Å². The highest BCUT2D eigenvalue weighted by Crippen LogP contribution is 2.35. The maximum atomic E-state index is 13.8. The minimum absolute atomic E-state index is 0.0147. The molecule has 166 valence electrons. The Morgan fingerprint density at radius 2 is 2.03 bits per heavy atom. The van der Waals surface area contributed by atoms with Crippen LogP contribution in [0.1, 0.15) is 18.4 Å². The quantitative estimate of drug-likeness (QED) is 0.410. The van der Waals surface area contributed by atoms with Crippen LogP contribution in [0.2, 0.25) is 0 Å². The van der Waals surface area contributed by atoms with E-state index in [2.05, 4.69) is 14.6 Å². The van der Waals surface area contributed by atoms with Crippen LogP contribution in [0.3, 0.4) is 0 Å². The zero-order valence-electron chi connectivity index (χ0n) is 16.9. The predicted molar refractivity (Wildman–Crippen MR) is 108 cm³/mol. The molecule has 0 saturated carbocycles. The Kier molecular flexibility index (Phi) is 4.96. The molecule has 0 aliphatic carbocycles. The fourth-order valence-corrected chi connectivity index (χ4v) is 3.87. The Morgan fingerprint density at radius 3 is 2.81 bits per heavy atom. The SMILES string of the molecule is C[C@@H]1C[N+](=C2COc3cc(F)ccc3C2=Nc2cccc3nc(C(F)(F)F)oc23)CCO1. The standard InChI is InChI=1S/C22H18F4N3O3/c1-12-10-29(7-8-30-12)17-11-31-18-9-13(23)5-6-14(18)19(17)27-15-3-2-4-16-20(15)32-21(28-16)22(24,25)26/h2-6,9,12H,7-8,10-11H2,1H3/q+1/t12-/m1/s1. The zero-order chi connectivity index (χ0) is 22.5. The number of aromatic nitrogens is 1. The number of hydrogen-bond acceptors (Lipinski definition) is 5. The molecule has 1 aromatic heterocycles. The minimum atomic E-state index is -4.71. The van der Waals surface area contributed by atoms with Crippen molar-refractivity contribution < 1.29 is 36.0 Å². The summed E-state index contributed by atoms with van der Waals surface area (Å²) in [6.07, 6.45) is -4.73. The van der Waals surface area contributed by atoms with Gasteiger partial charge in [0.2, 0.25) is 5.71 Å². The van der Waals surface area contributed by atoms with Gasteiger partial charge in [0.1, 0.15) is 41.2 Å². The molecular formula is C22H18F4N3O3+. The first kappa shape index (κ1) is 20.6. The van der Waals surface area contributed by atoms with Crippen molar-refractivity contribution in [3.8, 4) is 5.75 Å². The summed E-state index contributed by atoms with van der Waals surface area (Å²) in [6.45, 7) is 3.80. The second-order valence-electron chi connectivity index (χ2n) is 7.61. The fraction of sp³-hybridized carbons (Fsp3) is 0.318. The summed E-state index contributed by atoms with van der Waals surface area (Å²) in [6, 6.07) is 8.65. The van der Waals surface area contributed by atoms with Crippen LogP contribution < -0.4 is 4.74 Å². The number of alkyl halides is 3. The van der Waals surface area contributed by atoms with Crippen molar-refractivity contribution in [2.24, 2.45) is 4.99 Å². The topological polar surface area (TPSA) is 59.9 Å². The van der Waals surface area contributed by atoms with Crippen LogP contribution in [0.15, 0.2) is 45.8 Å². The molecular weight excluding hydrogens is 430 g/mol. The Labute approximate surface area is 179 Å². The second-order valence-corrected chi connectivity index (χ2v) is 7.61. The van der Waals surface area contributed by atoms with E-state index in [9.17, 15) is 17.6 Å². The molecule has 2 aliphatic heterocycles. The first-order chi connectivity index (χ1) is 15.3. The maximum Gasteiger partial charge on any atom is 0.468 e. The molecule has 3 heterocycles. The molecule has 5 rings (SSSR count). The van der Waals surface area contributed by atoms with Crippen LogP contribution in [-0.4, -0.2) is 53.4 Å². The van der Waals surface area contributed by atoms with Crippen molar-refractivity contribution in [3.63, 3.8) is 0 Å². The van der Waals surface area contributed by atoms with Crippen molar-refractivity contribution >= 4 is 28.2 Å². The summed E-state index contributed by atoms with van der Waals surface area (Å²) < 4.78 is 71.7. The molecule has 2 aromatic carbocycles. The van der Waals surface area contributed by atoms with Gasteiger partial charge in [0.05, 0.1) is 0 Å². The lowest BCUT2D eigenvalue weighted by atomic mass is 10.0. The maximum absolute atomic E-state index is 13.8. The molecule has 3 aromatic rings. The summed E-state index contributed by atoms with van der Waals surface area (Å²) >= 11 is 0. The summed E-state index contributed by atoms with van der Waals surface area (Å²) in [5, 5.41) is 0. The molecule has 0 radical (unpaired) electrons. The van der Waals surface area contributed by atoms with E-state index >= 15 is 0 Å². The van der Waals surface area contributed by atoms with E-state index in [1.54, 1.807) is 18.2 Å². The number of oxazole rings is 1. The van der Waals surface area contributed by atoms with E-state index in [0.717, 1.165) is 5.71 Å². The smallest absolute Gasteiger partial charge is 0.468 e. The summed E-state index contributed by atoms with van der Waals surface area (Å²) in [5.74, 6) is -1.48. The van der Waals surface area contributed by atoms with Crippen molar-refractivity contribution in [1.82, 2.24) is 4.98 Å². The highest BCUT2D eigenvalue weighted by atomic mass is 19.4. The van der Waals surface area contributed by atoms with Gasteiger partial charge < -0.3 is 13.9 Å². The molecule has 0 amide bonds. The number of para-hydroxylation sites is 1. The lowest BCUT2D eigenvalue weighted by Crippen LogP contribution is -2.44. The number of ether oxygens (including phenoxy) is 2. The van der Waals surface area contributed by atoms with E-state index in [1.807, 2.05) is 6.92 Å². The molecule has 1 atom stereocenters. The van der Waals surface area contributed by atoms with E-state index in [4.69, 9.17) is 13.9 Å². The summed E-state index contributed by atoms with van der Waals surface area (Å²) in [4.78, 5) is 8.23. The number of nitrogens with zero attached hydrogens (tertiary/aromatic N) is 3. The first-order valence-corrected chi connectivity index (χ1v) is 10.0. The summed E-state index contributed by atoms with van der Waals surface area (Å²) in [5.41, 5.74) is 1.93. The normalized spacial score (nSPS) is 22.8. The van der Waals surface area contributed by atoms with Gasteiger partial charge >= 0.3 is 12.1 Å². The number of fused-ring (bicyclic) bond motifs is 2. The molecule has 2 aliphatic rings. The lowest BCUT2D eigenvalue weighted by molar-refractivity contribution is -0.557. The van der Waals surface area contributed by atoms with Gasteiger partial charge in [-0.3, -0.25) is 0 Å². The molecule has 0 N–H and O–H groups in total. The largest absolute Gasteiger partial charge is 0.482 e. The van der Waals surface area contributed by atoms with E-state index in [-0.39, 0.29) is 29.5 Å². The van der Waals surface area contributed by atoms with Crippen LogP contribution in [0.5, 0.6) is 5.75 Å². The van der Waals surface area contributed by atoms with Crippen LogP contribution in [0, 0.1) is 5.82 Å². The number of halogens is 4. The molecule has 6 nitrogen and oxygen atoms in total. The molecule has 10 heteroatoms. The van der Waals surface area contributed by atoms with E-state index in [0.29, 0.717) is 36.7 Å². The lowest BCUT2D eigenvalue weighted by Gasteiger charge is -2.24. The van der Waals surface area contributed by atoms with Gasteiger partial charge in [-0.1, -0.05) is 6.07 Å². The third-order valence-electron chi connectivity index (χ3n) is 5.33. The molecule has 1 fully saturated rings. The molecule has 0 spiro atoms. The monoisotopic (exact) mass is 448 g/mol. The Bertz CT molecular complexity index is 1260. The predicted octanol–water partition coefficient (Wildman–Crippen LogP) is 4.37. The van der Waals surface area contributed by atoms with E-state index < -0.39 is 17.9 Å². The molecule has 0 unspecified atom stereocenters. The Hall–Kier alpha value is -3.27. The average Bonchev–Trinajstić information content (AvgIpc) is 3.20. The Balaban J connectivity index is 1.71. The van der Waals surface area contributed by atoms with Gasteiger partial charge in [-0.25, -0.2) is 18.9 Å². The molecule has 1 saturated heterocycles. The van der Waals surface area contributed by atoms with Gasteiger partial charge in [-0.05, 0) is 31.2 Å². The second kappa shape index (κ2) is 7.70. The number of morpholine rings is 1. The molecule has 32 heavy (non-hydrogen) atoms. The number of aliphatic imine (C=N–C) groups is 1. The third kappa shape index (κ3) is 3.75. The van der Waals surface area contributed by atoms with Crippen LogP contribution in [-0.2, 0) is 10.9 Å². The van der Waals surface area contributed by atoms with E-state index in [1.165, 1.54) is 18.2 Å². The van der Waals surface area contributed by atoms with Crippen molar-refractivity contribution in [2.75, 3.05) is 26.3 Å². The average molecular weight is 448 g/mol. The van der Waals surface area contributed by atoms with Crippen molar-refractivity contribution in [3.05, 3.63) is 53.7 Å². The van der Waals surface area contributed by atoms with Gasteiger partial charge in [-0.2, -0.15) is 13.2 Å². The Morgan fingerprint density at radius 1 is 1.19 bits per heavy atom. The van der Waals surface area contributed by atoms with Gasteiger partial charge in [0.15, 0.2) is 25.3 Å². The van der Waals surface area contributed by atoms with Gasteiger partial charge in [0, 0.05) is 11.6 Å². The summed E-state index contributed by atoms with van der Waals surface area (Å²) in [7, 11) is 0. The van der Waals surface area contributed by atoms with Crippen molar-refractivity contribution in [2.45, 2.75) is 19.2 Å². The zero-order valence-corrected chi connectivity index (χ0v) is 16.9. The van der Waals surface area contributed by atoms with Crippen molar-refractivity contribution in [1.29, 1.82) is 0 Å². The number of benzene rings is 2. The molecule has 0 bridgehead atoms. The fourth-order valence-electron chi connectivity index (χ4n) is 3.87. The third-order valence-corrected chi connectivity index (χ3v) is 5.33. The first-order valence-electron chi connectivity index (χ1n) is 10.0. The number of rotatable bonds is 1.